The van der Waals surface area contributed by atoms with Crippen LogP contribution < -0.4 is 10.6 Å². The summed E-state index contributed by atoms with van der Waals surface area (Å²) < 4.78 is 0.553. The number of hydrogen-bond donors (Lipinski definition) is 2. The van der Waals surface area contributed by atoms with Crippen LogP contribution in [-0.2, 0) is 17.8 Å². The standard InChI is InChI=1S/C13H14ClN3OS/c1-15-12(18)6-9-2-4-10(5-3-9)16-7-11-8-17-13(14)19-11/h2-5,8,16H,6-7H2,1H3,(H,15,18). The van der Waals surface area contributed by atoms with Gasteiger partial charge in [-0.25, -0.2) is 4.98 Å². The summed E-state index contributed by atoms with van der Waals surface area (Å²) in [6.07, 6.45) is 2.17. The van der Waals surface area contributed by atoms with Crippen LogP contribution in [0.5, 0.6) is 0 Å². The van der Waals surface area contributed by atoms with Gasteiger partial charge in [-0.3, -0.25) is 4.79 Å². The number of aromatic nitrogens is 1. The zero-order valence-electron chi connectivity index (χ0n) is 10.4. The van der Waals surface area contributed by atoms with E-state index < -0.39 is 0 Å². The van der Waals surface area contributed by atoms with Crippen molar-refractivity contribution >= 4 is 34.5 Å². The van der Waals surface area contributed by atoms with Crippen LogP contribution in [0.2, 0.25) is 4.47 Å². The third-order valence-corrected chi connectivity index (χ3v) is 3.70. The smallest absolute Gasteiger partial charge is 0.224 e. The minimum absolute atomic E-state index is 0.0139. The molecule has 0 atom stereocenters. The maximum absolute atomic E-state index is 11.2. The van der Waals surface area contributed by atoms with Gasteiger partial charge in [-0.15, -0.1) is 11.3 Å². The zero-order chi connectivity index (χ0) is 13.7. The number of likely N-dealkylation sites (N-methyl/N-ethyl adjacent to an activating group) is 1. The number of carbonyl (C=O) groups is 1. The molecule has 0 unspecified atom stereocenters. The summed E-state index contributed by atoms with van der Waals surface area (Å²) >= 11 is 7.23. The van der Waals surface area contributed by atoms with Gasteiger partial charge in [0.15, 0.2) is 4.47 Å². The van der Waals surface area contributed by atoms with Gasteiger partial charge in [-0.2, -0.15) is 0 Å². The number of hydrogen-bond acceptors (Lipinski definition) is 4. The van der Waals surface area contributed by atoms with Crippen LogP contribution >= 0.6 is 22.9 Å². The number of benzene rings is 1. The number of nitrogens with one attached hydrogen (secondary N) is 2. The zero-order valence-corrected chi connectivity index (χ0v) is 12.0. The first-order valence-corrected chi connectivity index (χ1v) is 7.00. The molecule has 19 heavy (non-hydrogen) atoms. The van der Waals surface area contributed by atoms with Gasteiger partial charge in [0, 0.05) is 23.8 Å². The maximum Gasteiger partial charge on any atom is 0.224 e. The molecule has 100 valence electrons. The van der Waals surface area contributed by atoms with Crippen LogP contribution in [0.4, 0.5) is 5.69 Å². The Morgan fingerprint density at radius 3 is 2.68 bits per heavy atom. The second kappa shape index (κ2) is 6.54. The minimum Gasteiger partial charge on any atom is -0.380 e. The molecule has 0 aliphatic carbocycles. The fourth-order valence-corrected chi connectivity index (χ4v) is 2.49. The fourth-order valence-electron chi connectivity index (χ4n) is 1.57. The molecular weight excluding hydrogens is 282 g/mol. The Balaban J connectivity index is 1.89. The molecule has 4 nitrogen and oxygen atoms in total. The molecule has 0 aliphatic heterocycles. The van der Waals surface area contributed by atoms with Gasteiger partial charge in [-0.05, 0) is 17.7 Å². The SMILES string of the molecule is CNC(=O)Cc1ccc(NCc2cnc(Cl)s2)cc1. The van der Waals surface area contributed by atoms with Gasteiger partial charge < -0.3 is 10.6 Å². The highest BCUT2D eigenvalue weighted by atomic mass is 35.5. The van der Waals surface area contributed by atoms with E-state index >= 15 is 0 Å². The topological polar surface area (TPSA) is 54.0 Å². The van der Waals surface area contributed by atoms with Crippen LogP contribution in [0.3, 0.4) is 0 Å². The Hall–Kier alpha value is -1.59. The van der Waals surface area contributed by atoms with Crippen molar-refractivity contribution in [3.63, 3.8) is 0 Å². The molecule has 0 saturated carbocycles. The highest BCUT2D eigenvalue weighted by Gasteiger charge is 2.02. The molecule has 1 aromatic carbocycles. The van der Waals surface area contributed by atoms with Gasteiger partial charge in [0.25, 0.3) is 0 Å². The molecule has 0 saturated heterocycles. The van der Waals surface area contributed by atoms with Crippen molar-refractivity contribution in [3.8, 4) is 0 Å². The third-order valence-electron chi connectivity index (χ3n) is 2.59. The first-order valence-electron chi connectivity index (χ1n) is 5.81. The number of carbonyl (C=O) groups excluding carboxylic acids is 1. The van der Waals surface area contributed by atoms with Crippen LogP contribution in [-0.4, -0.2) is 17.9 Å². The van der Waals surface area contributed by atoms with E-state index in [-0.39, 0.29) is 5.91 Å². The van der Waals surface area contributed by atoms with Gasteiger partial charge in [0.1, 0.15) is 0 Å². The second-order valence-electron chi connectivity index (χ2n) is 3.98. The average molecular weight is 296 g/mol. The lowest BCUT2D eigenvalue weighted by Crippen LogP contribution is -2.19. The number of nitrogens with zero attached hydrogens (tertiary/aromatic N) is 1. The van der Waals surface area contributed by atoms with Gasteiger partial charge in [0.2, 0.25) is 5.91 Å². The largest absolute Gasteiger partial charge is 0.380 e. The first kappa shape index (κ1) is 13.8. The van der Waals surface area contributed by atoms with E-state index in [0.29, 0.717) is 17.4 Å². The van der Waals surface area contributed by atoms with E-state index in [1.165, 1.54) is 11.3 Å². The normalized spacial score (nSPS) is 10.2. The number of amides is 1. The third kappa shape index (κ3) is 4.22. The van der Waals surface area contributed by atoms with Crippen LogP contribution in [0, 0.1) is 0 Å². The molecule has 6 heteroatoms. The van der Waals surface area contributed by atoms with Gasteiger partial charge in [-0.1, -0.05) is 23.7 Å². The number of anilines is 1. The monoisotopic (exact) mass is 295 g/mol. The summed E-state index contributed by atoms with van der Waals surface area (Å²) in [6, 6.07) is 7.80. The Morgan fingerprint density at radius 2 is 2.11 bits per heavy atom. The molecule has 0 radical (unpaired) electrons. The highest BCUT2D eigenvalue weighted by molar-refractivity contribution is 7.15. The number of thiazole rings is 1. The Morgan fingerprint density at radius 1 is 1.37 bits per heavy atom. The maximum atomic E-state index is 11.2. The fraction of sp³-hybridized carbons (Fsp3) is 0.231. The lowest BCUT2D eigenvalue weighted by atomic mass is 10.1. The molecule has 1 aromatic heterocycles. The minimum atomic E-state index is 0.0139. The van der Waals surface area contributed by atoms with E-state index in [0.717, 1.165) is 16.1 Å². The lowest BCUT2D eigenvalue weighted by Gasteiger charge is -2.06. The van der Waals surface area contributed by atoms with Crippen molar-refractivity contribution in [1.82, 2.24) is 10.3 Å². The summed E-state index contributed by atoms with van der Waals surface area (Å²) in [7, 11) is 1.64. The summed E-state index contributed by atoms with van der Waals surface area (Å²) in [6.45, 7) is 0.694. The van der Waals surface area contributed by atoms with Crippen molar-refractivity contribution in [1.29, 1.82) is 0 Å². The molecular formula is C13H14ClN3OS. The molecule has 2 N–H and O–H groups in total. The van der Waals surface area contributed by atoms with E-state index in [4.69, 9.17) is 11.6 Å². The van der Waals surface area contributed by atoms with E-state index in [1.54, 1.807) is 13.2 Å². The molecule has 1 heterocycles. The predicted octanol–water partition coefficient (Wildman–Crippen LogP) is 2.70. The Kier molecular flexibility index (Phi) is 4.76. The molecule has 0 spiro atoms. The first-order chi connectivity index (χ1) is 9.17. The van der Waals surface area contributed by atoms with Crippen molar-refractivity contribution < 1.29 is 4.79 Å². The van der Waals surface area contributed by atoms with Crippen molar-refractivity contribution in [2.24, 2.45) is 0 Å². The Bertz CT molecular complexity index is 553. The van der Waals surface area contributed by atoms with Crippen LogP contribution in [0.1, 0.15) is 10.4 Å². The molecule has 0 aliphatic rings. The molecule has 0 fully saturated rings. The second-order valence-corrected chi connectivity index (χ2v) is 5.68. The average Bonchev–Trinajstić information content (AvgIpc) is 2.83. The van der Waals surface area contributed by atoms with Crippen molar-refractivity contribution in [2.75, 3.05) is 12.4 Å². The summed E-state index contributed by atoms with van der Waals surface area (Å²) in [5.41, 5.74) is 2.00. The number of rotatable bonds is 5. The highest BCUT2D eigenvalue weighted by Crippen LogP contribution is 2.19. The van der Waals surface area contributed by atoms with Crippen LogP contribution in [0.15, 0.2) is 30.5 Å². The van der Waals surface area contributed by atoms with Gasteiger partial charge in [0.05, 0.1) is 13.0 Å². The number of halogens is 1. The van der Waals surface area contributed by atoms with Crippen molar-refractivity contribution in [2.45, 2.75) is 13.0 Å². The summed E-state index contributed by atoms with van der Waals surface area (Å²) in [5.74, 6) is 0.0139. The summed E-state index contributed by atoms with van der Waals surface area (Å²) in [5, 5.41) is 5.88. The predicted molar refractivity (Wildman–Crippen MR) is 78.7 cm³/mol. The van der Waals surface area contributed by atoms with E-state index in [2.05, 4.69) is 15.6 Å². The quantitative estimate of drug-likeness (QED) is 0.892. The molecule has 1 amide bonds. The Labute approximate surface area is 120 Å². The molecule has 2 rings (SSSR count). The van der Waals surface area contributed by atoms with Crippen molar-refractivity contribution in [3.05, 3.63) is 45.4 Å². The van der Waals surface area contributed by atoms with E-state index in [9.17, 15) is 4.79 Å². The van der Waals surface area contributed by atoms with Gasteiger partial charge >= 0.3 is 0 Å². The molecule has 0 bridgehead atoms. The molecule has 2 aromatic rings. The van der Waals surface area contributed by atoms with Crippen LogP contribution in [0.25, 0.3) is 0 Å². The summed E-state index contributed by atoms with van der Waals surface area (Å²) in [4.78, 5) is 16.3. The van der Waals surface area contributed by atoms with E-state index in [1.807, 2.05) is 24.3 Å². The lowest BCUT2D eigenvalue weighted by molar-refractivity contribution is -0.119.